The smallest absolute Gasteiger partial charge is 0.319 e. The predicted molar refractivity (Wildman–Crippen MR) is 77.8 cm³/mol. The van der Waals surface area contributed by atoms with E-state index in [4.69, 9.17) is 9.47 Å². The molecular weight excluding hydrogens is 272 g/mol. The Morgan fingerprint density at radius 1 is 1.10 bits per heavy atom. The van der Waals surface area contributed by atoms with E-state index in [0.29, 0.717) is 30.4 Å². The van der Waals surface area contributed by atoms with Crippen LogP contribution in [-0.4, -0.2) is 36.5 Å². The molecule has 0 radical (unpaired) electrons. The Morgan fingerprint density at radius 2 is 1.81 bits per heavy atom. The first kappa shape index (κ1) is 14.0. The summed E-state index contributed by atoms with van der Waals surface area (Å²) in [5.74, 6) is 1.35. The molecule has 1 aliphatic heterocycles. The Kier molecular flexibility index (Phi) is 4.15. The Balaban J connectivity index is 1.55. The van der Waals surface area contributed by atoms with Crippen molar-refractivity contribution in [1.29, 1.82) is 0 Å². The molecule has 0 atom stereocenters. The zero-order valence-electron chi connectivity index (χ0n) is 11.8. The van der Waals surface area contributed by atoms with Crippen LogP contribution in [0.4, 0.5) is 10.5 Å². The van der Waals surface area contributed by atoms with Gasteiger partial charge < -0.3 is 25.2 Å². The van der Waals surface area contributed by atoms with Gasteiger partial charge in [-0.1, -0.05) is 0 Å². The molecule has 2 amide bonds. The second-order valence-electron chi connectivity index (χ2n) is 5.46. The van der Waals surface area contributed by atoms with Gasteiger partial charge >= 0.3 is 6.03 Å². The number of carbonyl (C=O) groups is 1. The lowest BCUT2D eigenvalue weighted by atomic mass is 9.93. The summed E-state index contributed by atoms with van der Waals surface area (Å²) in [6, 6.07) is 5.25. The second-order valence-corrected chi connectivity index (χ2v) is 5.46. The zero-order chi connectivity index (χ0) is 14.7. The highest BCUT2D eigenvalue weighted by atomic mass is 16.6. The first-order chi connectivity index (χ1) is 10.2. The molecule has 0 saturated heterocycles. The van der Waals surface area contributed by atoms with Crippen molar-refractivity contribution in [2.75, 3.05) is 18.5 Å². The van der Waals surface area contributed by atoms with E-state index in [1.165, 1.54) is 0 Å². The van der Waals surface area contributed by atoms with Gasteiger partial charge in [-0.15, -0.1) is 0 Å². The number of nitrogens with one attached hydrogen (secondary N) is 2. The average molecular weight is 292 g/mol. The number of ether oxygens (including phenoxy) is 2. The standard InChI is InChI=1S/C15H20N2O4/c18-12-4-1-10(2-5-12)16-15(19)17-11-3-6-13-14(9-11)21-8-7-20-13/h3,6,9-10,12,18H,1-2,4-5,7-8H2,(H2,16,17,19). The summed E-state index contributed by atoms with van der Waals surface area (Å²) >= 11 is 0. The number of fused-ring (bicyclic) bond motifs is 1. The van der Waals surface area contributed by atoms with Crippen molar-refractivity contribution in [1.82, 2.24) is 5.32 Å². The third kappa shape index (κ3) is 3.58. The number of anilines is 1. The molecule has 2 aliphatic rings. The van der Waals surface area contributed by atoms with E-state index in [9.17, 15) is 9.90 Å². The number of hydrogen-bond donors (Lipinski definition) is 3. The maximum Gasteiger partial charge on any atom is 0.319 e. The van der Waals surface area contributed by atoms with Crippen molar-refractivity contribution in [2.24, 2.45) is 0 Å². The Bertz CT molecular complexity index is 512. The summed E-state index contributed by atoms with van der Waals surface area (Å²) in [4.78, 5) is 12.0. The van der Waals surface area contributed by atoms with Gasteiger partial charge in [0, 0.05) is 17.8 Å². The molecule has 1 aromatic rings. The van der Waals surface area contributed by atoms with Crippen LogP contribution in [0.2, 0.25) is 0 Å². The van der Waals surface area contributed by atoms with Crippen LogP contribution in [0, 0.1) is 0 Å². The highest BCUT2D eigenvalue weighted by molar-refractivity contribution is 5.89. The summed E-state index contributed by atoms with van der Waals surface area (Å²) in [5.41, 5.74) is 0.674. The number of amides is 2. The number of urea groups is 1. The Hall–Kier alpha value is -1.95. The number of aliphatic hydroxyl groups is 1. The van der Waals surface area contributed by atoms with Crippen LogP contribution in [0.15, 0.2) is 18.2 Å². The van der Waals surface area contributed by atoms with E-state index in [-0.39, 0.29) is 18.2 Å². The van der Waals surface area contributed by atoms with Gasteiger partial charge in [0.05, 0.1) is 6.10 Å². The molecule has 1 heterocycles. The minimum atomic E-state index is -0.229. The molecule has 114 valence electrons. The van der Waals surface area contributed by atoms with Crippen LogP contribution in [0.1, 0.15) is 25.7 Å². The molecule has 1 fully saturated rings. The average Bonchev–Trinajstić information content (AvgIpc) is 2.49. The van der Waals surface area contributed by atoms with E-state index in [1.54, 1.807) is 18.2 Å². The largest absolute Gasteiger partial charge is 0.486 e. The van der Waals surface area contributed by atoms with Crippen LogP contribution in [0.5, 0.6) is 11.5 Å². The lowest BCUT2D eigenvalue weighted by molar-refractivity contribution is 0.118. The van der Waals surface area contributed by atoms with Crippen molar-refractivity contribution in [3.05, 3.63) is 18.2 Å². The lowest BCUT2D eigenvalue weighted by Gasteiger charge is -2.26. The number of benzene rings is 1. The zero-order valence-corrected chi connectivity index (χ0v) is 11.8. The molecule has 0 aromatic heterocycles. The number of aliphatic hydroxyl groups excluding tert-OH is 1. The quantitative estimate of drug-likeness (QED) is 0.777. The molecule has 0 bridgehead atoms. The van der Waals surface area contributed by atoms with Crippen molar-refractivity contribution >= 4 is 11.7 Å². The molecule has 3 N–H and O–H groups in total. The fourth-order valence-electron chi connectivity index (χ4n) is 2.69. The van der Waals surface area contributed by atoms with Gasteiger partial charge in [0.1, 0.15) is 13.2 Å². The lowest BCUT2D eigenvalue weighted by Crippen LogP contribution is -2.40. The third-order valence-corrected chi connectivity index (χ3v) is 3.83. The first-order valence-electron chi connectivity index (χ1n) is 7.36. The summed E-state index contributed by atoms with van der Waals surface area (Å²) in [6.45, 7) is 1.07. The maximum absolute atomic E-state index is 12.0. The van der Waals surface area contributed by atoms with Crippen LogP contribution in [0.25, 0.3) is 0 Å². The normalized spacial score (nSPS) is 24.2. The fourth-order valence-corrected chi connectivity index (χ4v) is 2.69. The van der Waals surface area contributed by atoms with E-state index in [2.05, 4.69) is 10.6 Å². The molecule has 6 nitrogen and oxygen atoms in total. The molecule has 0 spiro atoms. The monoisotopic (exact) mass is 292 g/mol. The number of rotatable bonds is 2. The van der Waals surface area contributed by atoms with Gasteiger partial charge in [-0.25, -0.2) is 4.79 Å². The molecule has 1 aromatic carbocycles. The van der Waals surface area contributed by atoms with Crippen molar-refractivity contribution in [3.8, 4) is 11.5 Å². The third-order valence-electron chi connectivity index (χ3n) is 3.83. The highest BCUT2D eigenvalue weighted by Crippen LogP contribution is 2.32. The molecule has 1 aliphatic carbocycles. The second kappa shape index (κ2) is 6.22. The van der Waals surface area contributed by atoms with Gasteiger partial charge in [0.2, 0.25) is 0 Å². The Morgan fingerprint density at radius 3 is 2.57 bits per heavy atom. The van der Waals surface area contributed by atoms with E-state index < -0.39 is 0 Å². The maximum atomic E-state index is 12.0. The molecular formula is C15H20N2O4. The van der Waals surface area contributed by atoms with Crippen molar-refractivity contribution in [3.63, 3.8) is 0 Å². The molecule has 0 unspecified atom stereocenters. The van der Waals surface area contributed by atoms with E-state index in [0.717, 1.165) is 25.7 Å². The minimum Gasteiger partial charge on any atom is -0.486 e. The predicted octanol–water partition coefficient (Wildman–Crippen LogP) is 1.88. The molecule has 1 saturated carbocycles. The van der Waals surface area contributed by atoms with E-state index in [1.807, 2.05) is 0 Å². The van der Waals surface area contributed by atoms with Crippen molar-refractivity contribution in [2.45, 2.75) is 37.8 Å². The topological polar surface area (TPSA) is 79.8 Å². The first-order valence-corrected chi connectivity index (χ1v) is 7.36. The van der Waals surface area contributed by atoms with Gasteiger partial charge in [-0.3, -0.25) is 0 Å². The van der Waals surface area contributed by atoms with Crippen molar-refractivity contribution < 1.29 is 19.4 Å². The summed E-state index contributed by atoms with van der Waals surface area (Å²) in [6.07, 6.45) is 2.90. The Labute approximate surface area is 123 Å². The van der Waals surface area contributed by atoms with Crippen LogP contribution in [-0.2, 0) is 0 Å². The fraction of sp³-hybridized carbons (Fsp3) is 0.533. The van der Waals surface area contributed by atoms with Gasteiger partial charge in [-0.2, -0.15) is 0 Å². The number of carbonyl (C=O) groups excluding carboxylic acids is 1. The van der Waals surface area contributed by atoms with Crippen LogP contribution < -0.4 is 20.1 Å². The number of hydrogen-bond acceptors (Lipinski definition) is 4. The van der Waals surface area contributed by atoms with Crippen LogP contribution >= 0.6 is 0 Å². The summed E-state index contributed by atoms with van der Waals surface area (Å²) in [7, 11) is 0. The highest BCUT2D eigenvalue weighted by Gasteiger charge is 2.21. The summed E-state index contributed by atoms with van der Waals surface area (Å²) < 4.78 is 10.9. The van der Waals surface area contributed by atoms with Gasteiger partial charge in [-0.05, 0) is 37.8 Å². The molecule has 3 rings (SSSR count). The molecule has 6 heteroatoms. The van der Waals surface area contributed by atoms with Gasteiger partial charge in [0.15, 0.2) is 11.5 Å². The summed E-state index contributed by atoms with van der Waals surface area (Å²) in [5, 5.41) is 15.2. The SMILES string of the molecule is O=C(Nc1ccc2c(c1)OCCO2)NC1CCC(O)CC1. The van der Waals surface area contributed by atoms with Gasteiger partial charge in [0.25, 0.3) is 0 Å². The minimum absolute atomic E-state index is 0.130. The van der Waals surface area contributed by atoms with E-state index >= 15 is 0 Å². The van der Waals surface area contributed by atoms with Crippen LogP contribution in [0.3, 0.4) is 0 Å². The molecule has 21 heavy (non-hydrogen) atoms.